The Morgan fingerprint density at radius 3 is 1.87 bits per heavy atom. The van der Waals surface area contributed by atoms with Gasteiger partial charge in [-0.05, 0) is 97.7 Å². The molecule has 0 aromatic heterocycles. The van der Waals surface area contributed by atoms with Gasteiger partial charge in [0.2, 0.25) is 6.29 Å². The standard InChI is InChI=1S/C63H92O24/c1-14-76-45(65)17-15-16-18-46(66)77-36(11)57(70)60(73)61(75-13)39-20-37-19-38-21-41(83-48-23-42(28(3)32(7)79-48)84-47-22-40(64)27(2)31(6)78-47)29(4)54(67)52(38)58(71)53(37)59(72)62(39)87-50-25-43(55(68)35(10)82-50)85-49-24-44(56(69)34(9)81-49)86-51-26-63(12,74)30(5)33(8)80-51/h14,19,21,27-28,30-36,39-40,42-44,47-51,55-57,61-62,64,67-71,74H,1,15-18,20,22-26H2,2-13H3/t27-,28-,30-,31?,32?,33?,34?,35?,36+,39-,40+,42+,43+,44+,47+,48-,49-,50-,51-,55+,56+,57-,61-,62-,63?/m0/s1. The molecule has 0 radical (unpaired) electrons. The maximum Gasteiger partial charge on any atom is 0.310 e. The highest BCUT2D eigenvalue weighted by Gasteiger charge is 2.51. The Hall–Kier alpha value is -4.48. The van der Waals surface area contributed by atoms with Crippen LogP contribution in [0.1, 0.15) is 149 Å². The number of esters is 2. The molecule has 25 atom stereocenters. The van der Waals surface area contributed by atoms with Gasteiger partial charge < -0.3 is 97.3 Å². The Bertz CT molecular complexity index is 2720. The van der Waals surface area contributed by atoms with Crippen molar-refractivity contribution in [2.24, 2.45) is 23.7 Å². The molecular weight excluding hydrogens is 1140 g/mol. The van der Waals surface area contributed by atoms with Crippen LogP contribution >= 0.6 is 0 Å². The number of methoxy groups -OCH3 is 1. The molecule has 24 nitrogen and oxygen atoms in total. The van der Waals surface area contributed by atoms with E-state index in [1.54, 1.807) is 39.8 Å². The van der Waals surface area contributed by atoms with Crippen LogP contribution in [0, 0.1) is 30.6 Å². The number of Topliss-reactive ketones (excluding diaryl/α,β-unsaturated/α-hetero) is 2. The lowest BCUT2D eigenvalue weighted by molar-refractivity contribution is -0.331. The molecule has 0 saturated carbocycles. The fourth-order valence-electron chi connectivity index (χ4n) is 12.7. The molecule has 5 heterocycles. The Kier molecular flexibility index (Phi) is 22.6. The zero-order chi connectivity index (χ0) is 63.7. The molecule has 0 amide bonds. The Labute approximate surface area is 507 Å². The van der Waals surface area contributed by atoms with Gasteiger partial charge in [-0.1, -0.05) is 27.4 Å². The number of fused-ring (bicyclic) bond motifs is 2. The van der Waals surface area contributed by atoms with Gasteiger partial charge in [0, 0.05) is 81.3 Å². The monoisotopic (exact) mass is 1230 g/mol. The number of hydrogen-bond acceptors (Lipinski definition) is 24. The van der Waals surface area contributed by atoms with Gasteiger partial charge in [-0.15, -0.1) is 0 Å². The van der Waals surface area contributed by atoms with Crippen molar-refractivity contribution >= 4 is 34.3 Å². The van der Waals surface area contributed by atoms with Gasteiger partial charge in [-0.25, -0.2) is 0 Å². The van der Waals surface area contributed by atoms with E-state index in [1.807, 2.05) is 41.5 Å². The first-order valence-electron chi connectivity index (χ1n) is 30.6. The summed E-state index contributed by atoms with van der Waals surface area (Å²) in [5.41, 5.74) is -0.940. The Morgan fingerprint density at radius 2 is 1.26 bits per heavy atom. The molecule has 0 spiro atoms. The van der Waals surface area contributed by atoms with Gasteiger partial charge in [0.05, 0.1) is 77.7 Å². The van der Waals surface area contributed by atoms with Crippen LogP contribution < -0.4 is 4.74 Å². The first-order chi connectivity index (χ1) is 41.0. The lowest BCUT2D eigenvalue weighted by Crippen LogP contribution is -2.57. The SMILES string of the molecule is C=COC(=O)CCCCC(=O)O[C@H](C)[C@H](O)C(=O)[C@@H](OC)[C@@H]1Cc2cc3cc(O[C@H]4C[C@@H](O[C@@H]5C[C@@H](O)[C@@H](C)C(C)O5)[C@@H](C)C(C)O4)c(C)c(O)c3c(O)c2C(=O)[C@H]1O[C@H]1C[C@@H](O[C@H]2C[C@@H](O[C@H]3CC(C)(O)[C@@H](C)C(C)O3)[C@H](O)C(C)O2)[C@H](O)C(C)O1. The summed E-state index contributed by atoms with van der Waals surface area (Å²) in [5.74, 6) is -5.58. The first-order valence-corrected chi connectivity index (χ1v) is 30.6. The summed E-state index contributed by atoms with van der Waals surface area (Å²) >= 11 is 0. The first kappa shape index (κ1) is 68.4. The number of aliphatic hydroxyl groups is 5. The maximum absolute atomic E-state index is 15.4. The number of rotatable bonds is 22. The van der Waals surface area contributed by atoms with E-state index >= 15 is 4.79 Å². The lowest BCUT2D eigenvalue weighted by Gasteiger charge is -2.46. The number of carbonyl (C=O) groups is 4. The second kappa shape index (κ2) is 28.8. The third-order valence-electron chi connectivity index (χ3n) is 19.0. The zero-order valence-electron chi connectivity index (χ0n) is 51.9. The van der Waals surface area contributed by atoms with Crippen LogP contribution in [0.3, 0.4) is 0 Å². The molecule has 488 valence electrons. The number of unbranched alkanes of at least 4 members (excludes halogenated alkanes) is 1. The molecule has 5 fully saturated rings. The van der Waals surface area contributed by atoms with Gasteiger partial charge in [-0.2, -0.15) is 0 Å². The molecule has 5 aliphatic heterocycles. The zero-order valence-corrected chi connectivity index (χ0v) is 51.9. The molecule has 0 bridgehead atoms. The largest absolute Gasteiger partial charge is 0.507 e. The van der Waals surface area contributed by atoms with Crippen molar-refractivity contribution in [1.29, 1.82) is 0 Å². The third kappa shape index (κ3) is 15.5. The summed E-state index contributed by atoms with van der Waals surface area (Å²) in [6.07, 6.45) is -18.1. The van der Waals surface area contributed by atoms with Gasteiger partial charge in [0.15, 0.2) is 42.8 Å². The number of benzene rings is 2. The average Bonchev–Trinajstić information content (AvgIpc) is 1.12. The van der Waals surface area contributed by atoms with Crippen molar-refractivity contribution in [2.45, 2.75) is 269 Å². The molecule has 6 unspecified atom stereocenters. The molecule has 24 heteroatoms. The number of phenolic OH excluding ortho intramolecular Hbond substituents is 2. The van der Waals surface area contributed by atoms with E-state index in [4.69, 9.17) is 61.6 Å². The number of ether oxygens (including phenoxy) is 13. The summed E-state index contributed by atoms with van der Waals surface area (Å²) < 4.78 is 79.1. The minimum absolute atomic E-state index is 0.0152. The topological polar surface area (TPSA) is 330 Å². The molecule has 2 aromatic rings. The summed E-state index contributed by atoms with van der Waals surface area (Å²) in [6, 6.07) is 3.16. The third-order valence-corrected chi connectivity index (χ3v) is 19.0. The number of aliphatic hydroxyl groups excluding tert-OH is 4. The van der Waals surface area contributed by atoms with Crippen molar-refractivity contribution in [1.82, 2.24) is 0 Å². The predicted octanol–water partition coefficient (Wildman–Crippen LogP) is 5.37. The number of hydrogen-bond donors (Lipinski definition) is 7. The molecule has 1 aliphatic carbocycles. The van der Waals surface area contributed by atoms with Crippen LogP contribution in [0.2, 0.25) is 0 Å². The number of ketones is 2. The molecule has 5 saturated heterocycles. The normalized spacial score (nSPS) is 38.4. The molecule has 8 rings (SSSR count). The number of phenols is 2. The molecule has 6 aliphatic rings. The van der Waals surface area contributed by atoms with Crippen molar-refractivity contribution in [2.75, 3.05) is 7.11 Å². The van der Waals surface area contributed by atoms with Crippen molar-refractivity contribution in [3.05, 3.63) is 41.7 Å². The van der Waals surface area contributed by atoms with E-state index in [9.17, 15) is 50.1 Å². The van der Waals surface area contributed by atoms with Gasteiger partial charge in [0.25, 0.3) is 0 Å². The quantitative estimate of drug-likeness (QED) is 0.0442. The van der Waals surface area contributed by atoms with Gasteiger partial charge >= 0.3 is 11.9 Å². The molecule has 7 N–H and O–H groups in total. The van der Waals surface area contributed by atoms with E-state index < -0.39 is 151 Å². The highest BCUT2D eigenvalue weighted by molar-refractivity contribution is 6.11. The average molecular weight is 1230 g/mol. The summed E-state index contributed by atoms with van der Waals surface area (Å²) in [7, 11) is 1.20. The number of aromatic hydroxyl groups is 2. The lowest BCUT2D eigenvalue weighted by atomic mass is 9.75. The Morgan fingerprint density at radius 1 is 0.724 bits per heavy atom. The van der Waals surface area contributed by atoms with Crippen molar-refractivity contribution in [3.8, 4) is 17.2 Å². The van der Waals surface area contributed by atoms with E-state index in [-0.39, 0.29) is 127 Å². The van der Waals surface area contributed by atoms with E-state index in [1.165, 1.54) is 14.0 Å². The molecular formula is C63H92O24. The highest BCUT2D eigenvalue weighted by atomic mass is 16.7. The predicted molar refractivity (Wildman–Crippen MR) is 307 cm³/mol. The van der Waals surface area contributed by atoms with Crippen LogP contribution in [-0.4, -0.2) is 195 Å². The van der Waals surface area contributed by atoms with E-state index in [0.29, 0.717) is 6.42 Å². The van der Waals surface area contributed by atoms with Crippen LogP contribution in [0.4, 0.5) is 0 Å². The Balaban J connectivity index is 1.06. The van der Waals surface area contributed by atoms with Gasteiger partial charge in [0.1, 0.15) is 47.8 Å². The van der Waals surface area contributed by atoms with E-state index in [0.717, 1.165) is 6.26 Å². The molecule has 2 aromatic carbocycles. The van der Waals surface area contributed by atoms with Crippen LogP contribution in [0.5, 0.6) is 17.2 Å². The van der Waals surface area contributed by atoms with Crippen molar-refractivity contribution in [3.63, 3.8) is 0 Å². The minimum Gasteiger partial charge on any atom is -0.507 e. The van der Waals surface area contributed by atoms with Crippen LogP contribution in [0.25, 0.3) is 10.8 Å². The number of carbonyl (C=O) groups excluding carboxylic acids is 4. The highest BCUT2D eigenvalue weighted by Crippen LogP contribution is 2.48. The van der Waals surface area contributed by atoms with Crippen LogP contribution in [-0.2, 0) is 77.6 Å². The fraction of sp³-hybridized carbons (Fsp3) is 0.746. The second-order valence-electron chi connectivity index (χ2n) is 25.1. The molecule has 87 heavy (non-hydrogen) atoms. The summed E-state index contributed by atoms with van der Waals surface area (Å²) in [5, 5.41) is 80.7. The van der Waals surface area contributed by atoms with E-state index in [2.05, 4.69) is 6.58 Å². The summed E-state index contributed by atoms with van der Waals surface area (Å²) in [4.78, 5) is 54.7. The minimum atomic E-state index is -2.00. The second-order valence-corrected chi connectivity index (χ2v) is 25.1. The smallest absolute Gasteiger partial charge is 0.310 e. The fourth-order valence-corrected chi connectivity index (χ4v) is 12.7. The van der Waals surface area contributed by atoms with Crippen LogP contribution in [0.15, 0.2) is 25.0 Å². The maximum atomic E-state index is 15.4. The summed E-state index contributed by atoms with van der Waals surface area (Å²) in [6.45, 7) is 22.6. The van der Waals surface area contributed by atoms with Gasteiger partial charge in [-0.3, -0.25) is 19.2 Å². The van der Waals surface area contributed by atoms with Crippen molar-refractivity contribution < 1.29 is 117 Å².